The Morgan fingerprint density at radius 2 is 1.18 bits per heavy atom. The SMILES string of the molecule is C[Si](C)(CCNCCCN)CCNCCCN. The Balaban J connectivity index is 3.38. The van der Waals surface area contributed by atoms with Crippen LogP contribution in [0.25, 0.3) is 0 Å². The molecule has 0 bridgehead atoms. The zero-order chi connectivity index (χ0) is 13.0. The second-order valence-corrected chi connectivity index (χ2v) is 10.8. The van der Waals surface area contributed by atoms with Crippen molar-refractivity contribution in [2.75, 3.05) is 39.3 Å². The summed E-state index contributed by atoms with van der Waals surface area (Å²) in [6.45, 7) is 11.0. The zero-order valence-corrected chi connectivity index (χ0v) is 12.7. The Bertz CT molecular complexity index is 149. The van der Waals surface area contributed by atoms with Crippen molar-refractivity contribution in [1.82, 2.24) is 10.6 Å². The van der Waals surface area contributed by atoms with E-state index in [1.165, 1.54) is 12.1 Å². The van der Waals surface area contributed by atoms with Crippen LogP contribution in [0.4, 0.5) is 0 Å². The standard InChI is InChI=1S/C12H32N4Si/c1-17(2,11-9-15-7-3-5-13)12-10-16-8-4-6-14/h15-16H,3-14H2,1-2H3. The van der Waals surface area contributed by atoms with Gasteiger partial charge in [0.2, 0.25) is 0 Å². The smallest absolute Gasteiger partial charge is 0.0498 e. The van der Waals surface area contributed by atoms with Gasteiger partial charge in [0.1, 0.15) is 0 Å². The van der Waals surface area contributed by atoms with Crippen molar-refractivity contribution in [3.8, 4) is 0 Å². The molecule has 0 unspecified atom stereocenters. The topological polar surface area (TPSA) is 76.1 Å². The second kappa shape index (κ2) is 11.2. The van der Waals surface area contributed by atoms with Crippen LogP contribution < -0.4 is 22.1 Å². The predicted molar refractivity (Wildman–Crippen MR) is 80.2 cm³/mol. The summed E-state index contributed by atoms with van der Waals surface area (Å²) in [6.07, 6.45) is 2.17. The fraction of sp³-hybridized carbons (Fsp3) is 1.00. The minimum absolute atomic E-state index is 0.791. The van der Waals surface area contributed by atoms with Crippen molar-refractivity contribution in [2.24, 2.45) is 11.5 Å². The Hall–Kier alpha value is 0.0569. The molecular formula is C12H32N4Si. The van der Waals surface area contributed by atoms with Gasteiger partial charge in [-0.15, -0.1) is 0 Å². The van der Waals surface area contributed by atoms with Gasteiger partial charge in [0.25, 0.3) is 0 Å². The van der Waals surface area contributed by atoms with Crippen molar-refractivity contribution in [2.45, 2.75) is 38.0 Å². The van der Waals surface area contributed by atoms with E-state index in [4.69, 9.17) is 11.5 Å². The van der Waals surface area contributed by atoms with Crippen LogP contribution in [0.5, 0.6) is 0 Å². The molecule has 6 N–H and O–H groups in total. The Morgan fingerprint density at radius 1 is 0.765 bits per heavy atom. The van der Waals surface area contributed by atoms with Crippen LogP contribution in [0.2, 0.25) is 25.2 Å². The van der Waals surface area contributed by atoms with E-state index < -0.39 is 8.07 Å². The van der Waals surface area contributed by atoms with Gasteiger partial charge >= 0.3 is 0 Å². The predicted octanol–water partition coefficient (Wildman–Crippen LogP) is 0.572. The lowest BCUT2D eigenvalue weighted by Crippen LogP contribution is -2.35. The maximum absolute atomic E-state index is 5.45. The lowest BCUT2D eigenvalue weighted by Gasteiger charge is -2.22. The Morgan fingerprint density at radius 3 is 1.53 bits per heavy atom. The molecule has 4 nitrogen and oxygen atoms in total. The third kappa shape index (κ3) is 12.3. The molecule has 0 aliphatic rings. The van der Waals surface area contributed by atoms with Crippen LogP contribution in [0.3, 0.4) is 0 Å². The van der Waals surface area contributed by atoms with E-state index >= 15 is 0 Å². The second-order valence-electron chi connectivity index (χ2n) is 5.45. The van der Waals surface area contributed by atoms with Gasteiger partial charge in [-0.1, -0.05) is 13.1 Å². The van der Waals surface area contributed by atoms with Crippen molar-refractivity contribution >= 4 is 8.07 Å². The fourth-order valence-corrected chi connectivity index (χ4v) is 3.64. The van der Waals surface area contributed by atoms with Crippen LogP contribution in [0.1, 0.15) is 12.8 Å². The molecule has 0 radical (unpaired) electrons. The first kappa shape index (κ1) is 17.1. The summed E-state index contributed by atoms with van der Waals surface area (Å²) in [5.74, 6) is 0. The monoisotopic (exact) mass is 260 g/mol. The van der Waals surface area contributed by atoms with Crippen LogP contribution in [-0.4, -0.2) is 47.3 Å². The van der Waals surface area contributed by atoms with Gasteiger partial charge in [-0.2, -0.15) is 0 Å². The summed E-state index contributed by atoms with van der Waals surface area (Å²) in [7, 11) is -1.01. The number of hydrogen-bond donors (Lipinski definition) is 4. The van der Waals surface area contributed by atoms with Crippen LogP contribution in [-0.2, 0) is 0 Å². The molecule has 0 spiro atoms. The summed E-state index contributed by atoms with van der Waals surface area (Å²) in [6, 6.07) is 2.71. The van der Waals surface area contributed by atoms with Crippen molar-refractivity contribution in [1.29, 1.82) is 0 Å². The molecule has 104 valence electrons. The van der Waals surface area contributed by atoms with Gasteiger partial charge in [-0.3, -0.25) is 0 Å². The minimum Gasteiger partial charge on any atom is -0.330 e. The highest BCUT2D eigenvalue weighted by molar-refractivity contribution is 6.77. The van der Waals surface area contributed by atoms with Crippen LogP contribution >= 0.6 is 0 Å². The first-order valence-corrected chi connectivity index (χ1v) is 10.4. The van der Waals surface area contributed by atoms with Gasteiger partial charge in [0.05, 0.1) is 0 Å². The van der Waals surface area contributed by atoms with Gasteiger partial charge < -0.3 is 22.1 Å². The van der Waals surface area contributed by atoms with E-state index in [1.54, 1.807) is 0 Å². The van der Waals surface area contributed by atoms with Crippen LogP contribution in [0.15, 0.2) is 0 Å². The summed E-state index contributed by atoms with van der Waals surface area (Å²) in [4.78, 5) is 0. The maximum Gasteiger partial charge on any atom is 0.0498 e. The van der Waals surface area contributed by atoms with Gasteiger partial charge in [-0.05, 0) is 64.2 Å². The molecule has 0 heterocycles. The van der Waals surface area contributed by atoms with E-state index in [2.05, 4.69) is 23.7 Å². The molecule has 0 saturated carbocycles. The molecule has 0 amide bonds. The summed E-state index contributed by atoms with van der Waals surface area (Å²) in [5, 5.41) is 6.94. The molecule has 0 aliphatic heterocycles. The van der Waals surface area contributed by atoms with Gasteiger partial charge in [-0.25, -0.2) is 0 Å². The molecule has 0 aromatic heterocycles. The van der Waals surface area contributed by atoms with Crippen molar-refractivity contribution < 1.29 is 0 Å². The average Bonchev–Trinajstić information content (AvgIpc) is 2.28. The first-order valence-electron chi connectivity index (χ1n) is 6.94. The van der Waals surface area contributed by atoms with E-state index in [0.717, 1.165) is 52.1 Å². The number of rotatable bonds is 12. The number of nitrogens with two attached hydrogens (primary N) is 2. The molecule has 0 aromatic rings. The van der Waals surface area contributed by atoms with Crippen molar-refractivity contribution in [3.63, 3.8) is 0 Å². The third-order valence-electron chi connectivity index (χ3n) is 3.07. The highest BCUT2D eigenvalue weighted by atomic mass is 28.3. The number of nitrogens with one attached hydrogen (secondary N) is 2. The highest BCUT2D eigenvalue weighted by Gasteiger charge is 2.18. The summed E-state index contributed by atoms with van der Waals surface area (Å²) in [5.41, 5.74) is 10.9. The van der Waals surface area contributed by atoms with E-state index in [-0.39, 0.29) is 0 Å². The lowest BCUT2D eigenvalue weighted by atomic mass is 10.4. The summed E-state index contributed by atoms with van der Waals surface area (Å²) >= 11 is 0. The normalized spacial score (nSPS) is 12.0. The molecule has 0 aliphatic carbocycles. The van der Waals surface area contributed by atoms with Gasteiger partial charge in [0, 0.05) is 8.07 Å². The molecule has 0 rings (SSSR count). The molecule has 0 fully saturated rings. The quantitative estimate of drug-likeness (QED) is 0.306. The largest absolute Gasteiger partial charge is 0.330 e. The molecular weight excluding hydrogens is 228 g/mol. The molecule has 0 saturated heterocycles. The number of hydrogen-bond acceptors (Lipinski definition) is 4. The molecule has 0 atom stereocenters. The van der Waals surface area contributed by atoms with E-state index in [9.17, 15) is 0 Å². The van der Waals surface area contributed by atoms with E-state index in [0.29, 0.717) is 0 Å². The molecule has 5 heteroatoms. The Kier molecular flexibility index (Phi) is 11.2. The summed E-state index contributed by atoms with van der Waals surface area (Å²) < 4.78 is 0. The third-order valence-corrected chi connectivity index (χ3v) is 6.28. The average molecular weight is 261 g/mol. The highest BCUT2D eigenvalue weighted by Crippen LogP contribution is 2.13. The lowest BCUT2D eigenvalue weighted by molar-refractivity contribution is 0.664. The van der Waals surface area contributed by atoms with E-state index in [1.807, 2.05) is 0 Å². The molecule has 0 aromatic carbocycles. The zero-order valence-electron chi connectivity index (χ0n) is 11.7. The first-order chi connectivity index (χ1) is 8.12. The fourth-order valence-electron chi connectivity index (χ4n) is 1.68. The van der Waals surface area contributed by atoms with Crippen LogP contribution in [0, 0.1) is 0 Å². The van der Waals surface area contributed by atoms with Gasteiger partial charge in [0.15, 0.2) is 0 Å². The van der Waals surface area contributed by atoms with Crippen molar-refractivity contribution in [3.05, 3.63) is 0 Å². The minimum atomic E-state index is -1.01. The molecule has 17 heavy (non-hydrogen) atoms. The Labute approximate surface area is 108 Å². The maximum atomic E-state index is 5.45.